The first-order valence-electron chi connectivity index (χ1n) is 4.48. The normalized spacial score (nSPS) is 12.1. The molecule has 0 aliphatic carbocycles. The zero-order valence-electron chi connectivity index (χ0n) is 8.27. The minimum atomic E-state index is -0.492. The van der Waals surface area contributed by atoms with Crippen LogP contribution < -0.4 is 5.32 Å². The maximum absolute atomic E-state index is 11.5. The Morgan fingerprint density at radius 3 is 2.67 bits per heavy atom. The van der Waals surface area contributed by atoms with Crippen molar-refractivity contribution in [3.8, 4) is 11.5 Å². The van der Waals surface area contributed by atoms with E-state index in [1.165, 1.54) is 12.1 Å². The summed E-state index contributed by atoms with van der Waals surface area (Å²) in [7, 11) is 0. The molecule has 0 aromatic heterocycles. The summed E-state index contributed by atoms with van der Waals surface area (Å²) in [5.41, 5.74) is 0.0631. The molecule has 82 valence electrons. The third-order valence-corrected chi connectivity index (χ3v) is 1.88. The molecule has 5 nitrogen and oxygen atoms in total. The molecule has 0 aliphatic rings. The Labute approximate surface area is 87.0 Å². The lowest BCUT2D eigenvalue weighted by Crippen LogP contribution is -2.34. The van der Waals surface area contributed by atoms with Crippen LogP contribution >= 0.6 is 0 Å². The third-order valence-electron chi connectivity index (χ3n) is 1.88. The largest absolute Gasteiger partial charge is 0.508 e. The van der Waals surface area contributed by atoms with Gasteiger partial charge in [-0.1, -0.05) is 0 Å². The smallest absolute Gasteiger partial charge is 0.255 e. The second-order valence-electron chi connectivity index (χ2n) is 3.26. The van der Waals surface area contributed by atoms with Crippen molar-refractivity contribution in [3.05, 3.63) is 23.8 Å². The number of hydrogen-bond acceptors (Lipinski definition) is 4. The monoisotopic (exact) mass is 211 g/mol. The molecule has 0 spiro atoms. The molecule has 0 saturated heterocycles. The quantitative estimate of drug-likeness (QED) is 0.575. The van der Waals surface area contributed by atoms with Gasteiger partial charge < -0.3 is 20.6 Å². The number of phenolic OH excluding ortho intramolecular Hbond substituents is 2. The Bertz CT molecular complexity index is 364. The summed E-state index contributed by atoms with van der Waals surface area (Å²) in [6.07, 6.45) is 0. The number of amides is 1. The van der Waals surface area contributed by atoms with Crippen molar-refractivity contribution in [3.63, 3.8) is 0 Å². The van der Waals surface area contributed by atoms with Crippen LogP contribution in [0.15, 0.2) is 18.2 Å². The summed E-state index contributed by atoms with van der Waals surface area (Å²) in [5, 5.41) is 29.6. The molecule has 1 aromatic carbocycles. The van der Waals surface area contributed by atoms with E-state index in [1.54, 1.807) is 6.92 Å². The Balaban J connectivity index is 2.82. The summed E-state index contributed by atoms with van der Waals surface area (Å²) >= 11 is 0. The van der Waals surface area contributed by atoms with Crippen molar-refractivity contribution in [2.75, 3.05) is 6.61 Å². The highest BCUT2D eigenvalue weighted by Gasteiger charge is 2.13. The molecular weight excluding hydrogens is 198 g/mol. The SMILES string of the molecule is C[C@@H](CO)NC(=O)c1ccc(O)cc1O. The van der Waals surface area contributed by atoms with E-state index in [-0.39, 0.29) is 29.7 Å². The fraction of sp³-hybridized carbons (Fsp3) is 0.300. The molecule has 1 aromatic rings. The van der Waals surface area contributed by atoms with Gasteiger partial charge in [-0.15, -0.1) is 0 Å². The third kappa shape index (κ3) is 2.85. The molecule has 0 bridgehead atoms. The van der Waals surface area contributed by atoms with Gasteiger partial charge in [0.15, 0.2) is 0 Å². The van der Waals surface area contributed by atoms with Crippen LogP contribution in [0.3, 0.4) is 0 Å². The lowest BCUT2D eigenvalue weighted by Gasteiger charge is -2.11. The Morgan fingerprint density at radius 2 is 2.13 bits per heavy atom. The number of benzene rings is 1. The van der Waals surface area contributed by atoms with E-state index in [0.717, 1.165) is 6.07 Å². The molecular formula is C10H13NO4. The van der Waals surface area contributed by atoms with Crippen LogP contribution in [0, 0.1) is 0 Å². The molecule has 1 amide bonds. The fourth-order valence-electron chi connectivity index (χ4n) is 1.06. The van der Waals surface area contributed by atoms with Gasteiger partial charge in [-0.2, -0.15) is 0 Å². The highest BCUT2D eigenvalue weighted by molar-refractivity contribution is 5.97. The zero-order chi connectivity index (χ0) is 11.4. The summed E-state index contributed by atoms with van der Waals surface area (Å²) in [5.74, 6) is -0.897. The van der Waals surface area contributed by atoms with Crippen molar-refractivity contribution in [1.82, 2.24) is 5.32 Å². The summed E-state index contributed by atoms with van der Waals surface area (Å²) in [4.78, 5) is 11.5. The second kappa shape index (κ2) is 4.65. The average molecular weight is 211 g/mol. The van der Waals surface area contributed by atoms with E-state index in [4.69, 9.17) is 10.2 Å². The number of nitrogens with one attached hydrogen (secondary N) is 1. The van der Waals surface area contributed by atoms with E-state index in [1.807, 2.05) is 0 Å². The predicted octanol–water partition coefficient (Wildman–Crippen LogP) is 0.208. The average Bonchev–Trinajstić information content (AvgIpc) is 2.17. The number of carbonyl (C=O) groups is 1. The van der Waals surface area contributed by atoms with Crippen LogP contribution in [0.1, 0.15) is 17.3 Å². The zero-order valence-corrected chi connectivity index (χ0v) is 8.27. The Kier molecular flexibility index (Phi) is 3.51. The topological polar surface area (TPSA) is 89.8 Å². The number of carbonyl (C=O) groups excluding carboxylic acids is 1. The van der Waals surface area contributed by atoms with E-state index >= 15 is 0 Å². The minimum absolute atomic E-state index is 0.0631. The van der Waals surface area contributed by atoms with Crippen LogP contribution in [0.25, 0.3) is 0 Å². The lowest BCUT2D eigenvalue weighted by atomic mass is 10.1. The molecule has 5 heteroatoms. The maximum atomic E-state index is 11.5. The van der Waals surface area contributed by atoms with Crippen LogP contribution in [-0.2, 0) is 0 Å². The molecule has 1 atom stereocenters. The van der Waals surface area contributed by atoms with Crippen LogP contribution in [0.4, 0.5) is 0 Å². The van der Waals surface area contributed by atoms with E-state index in [2.05, 4.69) is 5.32 Å². The highest BCUT2D eigenvalue weighted by Crippen LogP contribution is 2.22. The molecule has 15 heavy (non-hydrogen) atoms. The molecule has 1 rings (SSSR count). The van der Waals surface area contributed by atoms with Gasteiger partial charge in [0.1, 0.15) is 11.5 Å². The van der Waals surface area contributed by atoms with Crippen LogP contribution in [-0.4, -0.2) is 33.9 Å². The van der Waals surface area contributed by atoms with Gasteiger partial charge in [-0.25, -0.2) is 0 Å². The number of aliphatic hydroxyl groups is 1. The van der Waals surface area contributed by atoms with E-state index < -0.39 is 5.91 Å². The summed E-state index contributed by atoms with van der Waals surface area (Å²) in [6.45, 7) is 1.46. The first-order chi connectivity index (χ1) is 7.04. The number of aromatic hydroxyl groups is 2. The lowest BCUT2D eigenvalue weighted by molar-refractivity contribution is 0.0919. The maximum Gasteiger partial charge on any atom is 0.255 e. The van der Waals surface area contributed by atoms with Crippen molar-refractivity contribution in [2.45, 2.75) is 13.0 Å². The number of aliphatic hydroxyl groups excluding tert-OH is 1. The minimum Gasteiger partial charge on any atom is -0.508 e. The van der Waals surface area contributed by atoms with Gasteiger partial charge in [-0.05, 0) is 19.1 Å². The van der Waals surface area contributed by atoms with Gasteiger partial charge in [0.2, 0.25) is 0 Å². The van der Waals surface area contributed by atoms with Crippen molar-refractivity contribution in [2.24, 2.45) is 0 Å². The summed E-state index contributed by atoms with van der Waals surface area (Å²) in [6, 6.07) is 3.31. The predicted molar refractivity (Wildman–Crippen MR) is 53.8 cm³/mol. The second-order valence-corrected chi connectivity index (χ2v) is 3.26. The fourth-order valence-corrected chi connectivity index (χ4v) is 1.06. The van der Waals surface area contributed by atoms with Crippen molar-refractivity contribution in [1.29, 1.82) is 0 Å². The van der Waals surface area contributed by atoms with Gasteiger partial charge in [0, 0.05) is 12.1 Å². The standard InChI is InChI=1S/C10H13NO4/c1-6(5-12)11-10(15)8-3-2-7(13)4-9(8)14/h2-4,6,12-14H,5H2,1H3,(H,11,15)/t6-/m0/s1. The molecule has 0 unspecified atom stereocenters. The van der Waals surface area contributed by atoms with E-state index in [0.29, 0.717) is 0 Å². The number of hydrogen-bond donors (Lipinski definition) is 4. The van der Waals surface area contributed by atoms with Crippen LogP contribution in [0.5, 0.6) is 11.5 Å². The van der Waals surface area contributed by atoms with Crippen molar-refractivity contribution < 1.29 is 20.1 Å². The van der Waals surface area contributed by atoms with Crippen LogP contribution in [0.2, 0.25) is 0 Å². The van der Waals surface area contributed by atoms with Gasteiger partial charge >= 0.3 is 0 Å². The number of phenols is 2. The number of rotatable bonds is 3. The highest BCUT2D eigenvalue weighted by atomic mass is 16.3. The van der Waals surface area contributed by atoms with Gasteiger partial charge in [0.05, 0.1) is 12.2 Å². The molecule has 0 heterocycles. The Morgan fingerprint density at radius 1 is 1.47 bits per heavy atom. The first-order valence-corrected chi connectivity index (χ1v) is 4.48. The molecule has 0 radical (unpaired) electrons. The van der Waals surface area contributed by atoms with E-state index in [9.17, 15) is 9.90 Å². The van der Waals surface area contributed by atoms with Gasteiger partial charge in [0.25, 0.3) is 5.91 Å². The van der Waals surface area contributed by atoms with Crippen molar-refractivity contribution >= 4 is 5.91 Å². The molecule has 0 fully saturated rings. The molecule has 0 saturated carbocycles. The summed E-state index contributed by atoms with van der Waals surface area (Å²) < 4.78 is 0. The van der Waals surface area contributed by atoms with Gasteiger partial charge in [-0.3, -0.25) is 4.79 Å². The first kappa shape index (κ1) is 11.3. The Hall–Kier alpha value is -1.75. The molecule has 0 aliphatic heterocycles. The molecule has 4 N–H and O–H groups in total.